The molecule has 2 aromatic rings. The Kier molecular flexibility index (Phi) is 4.71. The number of pyridine rings is 2. The predicted octanol–water partition coefficient (Wildman–Crippen LogP) is 1.97. The largest absolute Gasteiger partial charge is 0.618 e. The Morgan fingerprint density at radius 1 is 1.30 bits per heavy atom. The van der Waals surface area contributed by atoms with Crippen LogP contribution in [0.5, 0.6) is 5.88 Å². The summed E-state index contributed by atoms with van der Waals surface area (Å²) >= 11 is 0. The van der Waals surface area contributed by atoms with Gasteiger partial charge in [-0.15, -0.1) is 0 Å². The van der Waals surface area contributed by atoms with Crippen LogP contribution in [0.4, 0.5) is 0 Å². The van der Waals surface area contributed by atoms with Crippen molar-refractivity contribution in [1.29, 1.82) is 0 Å². The fraction of sp³-hybridized carbons (Fsp3) is 0.353. The second-order valence-corrected chi connectivity index (χ2v) is 5.59. The highest BCUT2D eigenvalue weighted by atomic mass is 16.5. The van der Waals surface area contributed by atoms with Gasteiger partial charge in [0.25, 0.3) is 5.69 Å². The molecule has 1 amide bonds. The molecule has 0 saturated heterocycles. The van der Waals surface area contributed by atoms with Crippen molar-refractivity contribution in [3.8, 4) is 5.88 Å². The van der Waals surface area contributed by atoms with Crippen molar-refractivity contribution < 1.29 is 14.3 Å². The first-order chi connectivity index (χ1) is 11.2. The zero-order valence-electron chi connectivity index (χ0n) is 12.8. The number of hydrogen-bond acceptors (Lipinski definition) is 4. The van der Waals surface area contributed by atoms with Crippen molar-refractivity contribution in [2.24, 2.45) is 0 Å². The van der Waals surface area contributed by atoms with Crippen molar-refractivity contribution in [2.75, 3.05) is 0 Å². The maximum atomic E-state index is 12.1. The minimum atomic E-state index is -0.420. The number of carbonyl (C=O) groups excluding carboxylic acids is 1. The van der Waals surface area contributed by atoms with Crippen LogP contribution in [0.25, 0.3) is 0 Å². The summed E-state index contributed by atoms with van der Waals surface area (Å²) < 4.78 is 6.49. The highest BCUT2D eigenvalue weighted by molar-refractivity contribution is 5.90. The molecule has 1 fully saturated rings. The molecule has 6 heteroatoms. The third-order valence-corrected chi connectivity index (χ3v) is 3.93. The highest BCUT2D eigenvalue weighted by Crippen LogP contribution is 2.24. The van der Waals surface area contributed by atoms with Crippen LogP contribution in [0.15, 0.2) is 42.7 Å². The van der Waals surface area contributed by atoms with E-state index >= 15 is 0 Å². The Bertz CT molecular complexity index is 684. The van der Waals surface area contributed by atoms with E-state index in [-0.39, 0.29) is 18.3 Å². The van der Waals surface area contributed by atoms with Crippen LogP contribution >= 0.6 is 0 Å². The van der Waals surface area contributed by atoms with Crippen LogP contribution < -0.4 is 14.8 Å². The Balaban J connectivity index is 1.66. The van der Waals surface area contributed by atoms with Crippen molar-refractivity contribution in [3.05, 3.63) is 59.2 Å². The van der Waals surface area contributed by atoms with E-state index < -0.39 is 5.91 Å². The fourth-order valence-corrected chi connectivity index (χ4v) is 2.70. The van der Waals surface area contributed by atoms with E-state index in [0.717, 1.165) is 18.4 Å². The Labute approximate surface area is 134 Å². The lowest BCUT2D eigenvalue weighted by Crippen LogP contribution is -2.38. The van der Waals surface area contributed by atoms with Gasteiger partial charge in [0, 0.05) is 30.4 Å². The summed E-state index contributed by atoms with van der Waals surface area (Å²) in [4.78, 5) is 16.4. The molecule has 0 aliphatic heterocycles. The molecule has 0 radical (unpaired) electrons. The number of aromatic nitrogens is 2. The van der Waals surface area contributed by atoms with Crippen molar-refractivity contribution in [1.82, 2.24) is 10.3 Å². The first-order valence-electron chi connectivity index (χ1n) is 7.81. The van der Waals surface area contributed by atoms with E-state index in [1.807, 2.05) is 6.07 Å². The third-order valence-electron chi connectivity index (χ3n) is 3.93. The first kappa shape index (κ1) is 15.3. The van der Waals surface area contributed by atoms with E-state index in [1.54, 1.807) is 24.4 Å². The number of hydrogen-bond donors (Lipinski definition) is 1. The van der Waals surface area contributed by atoms with Gasteiger partial charge in [-0.2, -0.15) is 4.73 Å². The van der Waals surface area contributed by atoms with Gasteiger partial charge in [-0.3, -0.25) is 4.79 Å². The molecule has 2 aromatic heterocycles. The molecule has 23 heavy (non-hydrogen) atoms. The van der Waals surface area contributed by atoms with Gasteiger partial charge in [0.1, 0.15) is 6.10 Å². The summed E-state index contributed by atoms with van der Waals surface area (Å²) in [6, 6.07) is 8.40. The van der Waals surface area contributed by atoms with E-state index in [1.165, 1.54) is 25.1 Å². The number of nitrogens with zero attached hydrogens (tertiary/aromatic N) is 2. The van der Waals surface area contributed by atoms with Crippen LogP contribution in [0.1, 0.15) is 41.7 Å². The van der Waals surface area contributed by atoms with Gasteiger partial charge < -0.3 is 15.3 Å². The summed E-state index contributed by atoms with van der Waals surface area (Å²) in [7, 11) is 0. The molecule has 0 unspecified atom stereocenters. The number of ether oxygens (including phenoxy) is 1. The molecule has 1 aliphatic carbocycles. The van der Waals surface area contributed by atoms with Gasteiger partial charge in [-0.05, 0) is 37.8 Å². The average molecular weight is 313 g/mol. The minimum absolute atomic E-state index is 0.0645. The number of carbonyl (C=O) groups is 1. The summed E-state index contributed by atoms with van der Waals surface area (Å²) in [6.07, 6.45) is 7.64. The van der Waals surface area contributed by atoms with E-state index in [2.05, 4.69) is 10.3 Å². The number of nitrogens with one attached hydrogen (secondary N) is 1. The second-order valence-electron chi connectivity index (χ2n) is 5.59. The molecule has 1 N–H and O–H groups in total. The molecule has 120 valence electrons. The normalized spacial score (nSPS) is 14.6. The van der Waals surface area contributed by atoms with Crippen LogP contribution in [-0.2, 0) is 6.54 Å². The fourth-order valence-electron chi connectivity index (χ4n) is 2.70. The Hall–Kier alpha value is -2.63. The van der Waals surface area contributed by atoms with Gasteiger partial charge in [-0.25, -0.2) is 4.98 Å². The SMILES string of the molecule is O=C(NCc1cccnc1OC1CCCC1)c1cccc[n+]1[O-]. The third kappa shape index (κ3) is 3.77. The van der Waals surface area contributed by atoms with Gasteiger partial charge in [-0.1, -0.05) is 6.07 Å². The van der Waals surface area contributed by atoms with Gasteiger partial charge in [0.05, 0.1) is 0 Å². The summed E-state index contributed by atoms with van der Waals surface area (Å²) in [5.41, 5.74) is 0.871. The lowest BCUT2D eigenvalue weighted by Gasteiger charge is -2.15. The molecule has 0 atom stereocenters. The molecule has 0 spiro atoms. The van der Waals surface area contributed by atoms with Gasteiger partial charge in [0.15, 0.2) is 6.20 Å². The van der Waals surface area contributed by atoms with Crippen LogP contribution in [0.2, 0.25) is 0 Å². The van der Waals surface area contributed by atoms with E-state index in [4.69, 9.17) is 4.74 Å². The molecule has 0 bridgehead atoms. The van der Waals surface area contributed by atoms with E-state index in [0.29, 0.717) is 10.6 Å². The zero-order chi connectivity index (χ0) is 16.1. The maximum Gasteiger partial charge on any atom is 0.317 e. The molecule has 6 nitrogen and oxygen atoms in total. The molecular formula is C17H19N3O3. The van der Waals surface area contributed by atoms with Gasteiger partial charge >= 0.3 is 5.91 Å². The monoisotopic (exact) mass is 313 g/mol. The quantitative estimate of drug-likeness (QED) is 0.676. The average Bonchev–Trinajstić information content (AvgIpc) is 3.07. The van der Waals surface area contributed by atoms with Crippen LogP contribution in [-0.4, -0.2) is 17.0 Å². The summed E-state index contributed by atoms with van der Waals surface area (Å²) in [5, 5.41) is 14.3. The minimum Gasteiger partial charge on any atom is -0.618 e. The smallest absolute Gasteiger partial charge is 0.317 e. The summed E-state index contributed by atoms with van der Waals surface area (Å²) in [5.74, 6) is 0.138. The molecule has 2 heterocycles. The van der Waals surface area contributed by atoms with Gasteiger partial charge in [0.2, 0.25) is 5.88 Å². The van der Waals surface area contributed by atoms with Crippen LogP contribution in [0.3, 0.4) is 0 Å². The zero-order valence-corrected chi connectivity index (χ0v) is 12.8. The molecule has 1 aliphatic rings. The molecule has 1 saturated carbocycles. The van der Waals surface area contributed by atoms with Crippen LogP contribution in [0, 0.1) is 5.21 Å². The maximum absolute atomic E-state index is 12.1. The number of amides is 1. The van der Waals surface area contributed by atoms with Crippen molar-refractivity contribution in [2.45, 2.75) is 38.3 Å². The standard InChI is InChI=1S/C17H19N3O3/c21-16(15-9-3-4-11-20(15)22)19-12-13-6-5-10-18-17(13)23-14-7-1-2-8-14/h3-6,9-11,14H,1-2,7-8,12H2,(H,19,21). The lowest BCUT2D eigenvalue weighted by molar-refractivity contribution is -0.607. The second kappa shape index (κ2) is 7.09. The molecule has 3 rings (SSSR count). The van der Waals surface area contributed by atoms with E-state index in [9.17, 15) is 10.0 Å². The topological polar surface area (TPSA) is 78.2 Å². The van der Waals surface area contributed by atoms with Crippen molar-refractivity contribution >= 4 is 5.91 Å². The summed E-state index contributed by atoms with van der Waals surface area (Å²) in [6.45, 7) is 0.267. The Morgan fingerprint density at radius 3 is 2.91 bits per heavy atom. The first-order valence-corrected chi connectivity index (χ1v) is 7.81. The Morgan fingerprint density at radius 2 is 2.13 bits per heavy atom. The predicted molar refractivity (Wildman–Crippen MR) is 83.7 cm³/mol. The van der Waals surface area contributed by atoms with Crippen molar-refractivity contribution in [3.63, 3.8) is 0 Å². The highest BCUT2D eigenvalue weighted by Gasteiger charge is 2.19. The lowest BCUT2D eigenvalue weighted by atomic mass is 10.2. The number of rotatable bonds is 5. The molecule has 0 aromatic carbocycles. The molecular weight excluding hydrogens is 294 g/mol.